The normalized spacial score (nSPS) is 13.7. The van der Waals surface area contributed by atoms with E-state index in [1.165, 1.54) is 0 Å². The highest BCUT2D eigenvalue weighted by Crippen LogP contribution is 2.27. The highest BCUT2D eigenvalue weighted by atomic mass is 16.5. The lowest BCUT2D eigenvalue weighted by Crippen LogP contribution is -2.32. The molecule has 0 aromatic heterocycles. The van der Waals surface area contributed by atoms with Gasteiger partial charge in [0.05, 0.1) is 17.4 Å². The van der Waals surface area contributed by atoms with Gasteiger partial charge in [-0.1, -0.05) is 6.92 Å². The Morgan fingerprint density at radius 1 is 1.27 bits per heavy atom. The zero-order chi connectivity index (χ0) is 12.2. The Bertz CT molecular complexity index is 243. The van der Waals surface area contributed by atoms with Gasteiger partial charge >= 0.3 is 11.9 Å². The van der Waals surface area contributed by atoms with Crippen LogP contribution in [0.15, 0.2) is 0 Å². The monoisotopic (exact) mass is 216 g/mol. The third-order valence-corrected chi connectivity index (χ3v) is 2.13. The molecule has 0 aliphatic heterocycles. The lowest BCUT2D eigenvalue weighted by atomic mass is 9.83. The Kier molecular flexibility index (Phi) is 4.78. The summed E-state index contributed by atoms with van der Waals surface area (Å²) in [5.41, 5.74) is -0.748. The SMILES string of the molecule is CC(C)OC(=O)C(C)(C)CC(C)C(=O)O. The molecule has 0 amide bonds. The third-order valence-electron chi connectivity index (χ3n) is 2.13. The van der Waals surface area contributed by atoms with E-state index in [0.717, 1.165) is 0 Å². The van der Waals surface area contributed by atoms with Gasteiger partial charge < -0.3 is 9.84 Å². The second kappa shape index (κ2) is 5.14. The van der Waals surface area contributed by atoms with Crippen molar-refractivity contribution in [3.63, 3.8) is 0 Å². The van der Waals surface area contributed by atoms with Gasteiger partial charge in [-0.05, 0) is 34.1 Å². The molecule has 0 aromatic rings. The van der Waals surface area contributed by atoms with Crippen molar-refractivity contribution >= 4 is 11.9 Å². The Hall–Kier alpha value is -1.06. The van der Waals surface area contributed by atoms with E-state index in [0.29, 0.717) is 0 Å². The molecule has 15 heavy (non-hydrogen) atoms. The van der Waals surface area contributed by atoms with Crippen LogP contribution in [0.3, 0.4) is 0 Å². The van der Waals surface area contributed by atoms with E-state index in [2.05, 4.69) is 0 Å². The number of carbonyl (C=O) groups is 2. The summed E-state index contributed by atoms with van der Waals surface area (Å²) in [6.07, 6.45) is 0.116. The molecule has 0 saturated carbocycles. The van der Waals surface area contributed by atoms with E-state index < -0.39 is 17.3 Å². The van der Waals surface area contributed by atoms with Crippen LogP contribution >= 0.6 is 0 Å². The van der Waals surface area contributed by atoms with Crippen LogP contribution in [0, 0.1) is 11.3 Å². The lowest BCUT2D eigenvalue weighted by Gasteiger charge is -2.25. The third kappa shape index (κ3) is 4.81. The molecule has 88 valence electrons. The summed E-state index contributed by atoms with van der Waals surface area (Å²) in [6.45, 7) is 8.55. The van der Waals surface area contributed by atoms with Crippen LogP contribution < -0.4 is 0 Å². The Labute approximate surface area is 90.6 Å². The van der Waals surface area contributed by atoms with Crippen molar-refractivity contribution in [3.05, 3.63) is 0 Å². The molecule has 1 N–H and O–H groups in total. The molecule has 0 aromatic carbocycles. The zero-order valence-electron chi connectivity index (χ0n) is 10.0. The van der Waals surface area contributed by atoms with E-state index in [-0.39, 0.29) is 18.5 Å². The molecular formula is C11H20O4. The van der Waals surface area contributed by atoms with Gasteiger partial charge in [0.1, 0.15) is 0 Å². The summed E-state index contributed by atoms with van der Waals surface area (Å²) >= 11 is 0. The number of hydrogen-bond donors (Lipinski definition) is 1. The van der Waals surface area contributed by atoms with Crippen molar-refractivity contribution < 1.29 is 19.4 Å². The minimum absolute atomic E-state index is 0.170. The predicted molar refractivity (Wildman–Crippen MR) is 56.4 cm³/mol. The van der Waals surface area contributed by atoms with Gasteiger partial charge in [-0.25, -0.2) is 0 Å². The fourth-order valence-electron chi connectivity index (χ4n) is 1.31. The van der Waals surface area contributed by atoms with E-state index in [1.807, 2.05) is 0 Å². The van der Waals surface area contributed by atoms with E-state index in [4.69, 9.17) is 9.84 Å². The fraction of sp³-hybridized carbons (Fsp3) is 0.818. The molecule has 0 spiro atoms. The van der Waals surface area contributed by atoms with Gasteiger partial charge in [0.15, 0.2) is 0 Å². The number of esters is 1. The van der Waals surface area contributed by atoms with Crippen molar-refractivity contribution in [2.75, 3.05) is 0 Å². The molecule has 4 heteroatoms. The molecule has 0 heterocycles. The standard InChI is InChI=1S/C11H20O4/c1-7(2)15-10(14)11(4,5)6-8(3)9(12)13/h7-8H,6H2,1-5H3,(H,12,13). The van der Waals surface area contributed by atoms with Crippen LogP contribution in [0.4, 0.5) is 0 Å². The Balaban J connectivity index is 4.40. The molecule has 0 fully saturated rings. The number of carboxylic acids is 1. The topological polar surface area (TPSA) is 63.6 Å². The molecule has 0 aliphatic carbocycles. The van der Waals surface area contributed by atoms with Crippen LogP contribution in [-0.2, 0) is 14.3 Å². The zero-order valence-corrected chi connectivity index (χ0v) is 10.0. The first-order valence-corrected chi connectivity index (χ1v) is 5.10. The van der Waals surface area contributed by atoms with Crippen molar-refractivity contribution in [2.24, 2.45) is 11.3 Å². The summed E-state index contributed by atoms with van der Waals surface area (Å²) in [4.78, 5) is 22.3. The molecule has 0 rings (SSSR count). The van der Waals surface area contributed by atoms with Crippen LogP contribution in [0.2, 0.25) is 0 Å². The molecule has 1 atom stereocenters. The van der Waals surface area contributed by atoms with Crippen molar-refractivity contribution in [3.8, 4) is 0 Å². The predicted octanol–water partition coefficient (Wildman–Crippen LogP) is 2.07. The smallest absolute Gasteiger partial charge is 0.311 e. The van der Waals surface area contributed by atoms with Gasteiger partial charge in [-0.3, -0.25) is 9.59 Å². The highest BCUT2D eigenvalue weighted by molar-refractivity contribution is 5.77. The molecule has 0 bridgehead atoms. The Morgan fingerprint density at radius 3 is 2.07 bits per heavy atom. The summed E-state index contributed by atoms with van der Waals surface area (Å²) in [6, 6.07) is 0. The second-order valence-corrected chi connectivity index (χ2v) is 4.78. The average Bonchev–Trinajstić information content (AvgIpc) is 2.01. The summed E-state index contributed by atoms with van der Waals surface area (Å²) in [7, 11) is 0. The molecule has 4 nitrogen and oxygen atoms in total. The molecule has 0 aliphatic rings. The van der Waals surface area contributed by atoms with Crippen molar-refractivity contribution in [1.82, 2.24) is 0 Å². The number of rotatable bonds is 5. The first kappa shape index (κ1) is 13.9. The maximum atomic E-state index is 11.6. The first-order chi connectivity index (χ1) is 6.66. The first-order valence-electron chi connectivity index (χ1n) is 5.10. The summed E-state index contributed by atoms with van der Waals surface area (Å²) < 4.78 is 5.06. The molecule has 1 unspecified atom stereocenters. The number of ether oxygens (including phenoxy) is 1. The van der Waals surface area contributed by atoms with Crippen LogP contribution in [0.25, 0.3) is 0 Å². The number of hydrogen-bond acceptors (Lipinski definition) is 3. The van der Waals surface area contributed by atoms with E-state index in [1.54, 1.807) is 34.6 Å². The largest absolute Gasteiger partial charge is 0.481 e. The molecule has 0 saturated heterocycles. The Morgan fingerprint density at radius 2 is 1.73 bits per heavy atom. The summed E-state index contributed by atoms with van der Waals surface area (Å²) in [5, 5.41) is 8.76. The van der Waals surface area contributed by atoms with Gasteiger partial charge in [-0.15, -0.1) is 0 Å². The van der Waals surface area contributed by atoms with Gasteiger partial charge in [0, 0.05) is 0 Å². The maximum absolute atomic E-state index is 11.6. The summed E-state index contributed by atoms with van der Waals surface area (Å²) in [5.74, 6) is -1.77. The molecular weight excluding hydrogens is 196 g/mol. The van der Waals surface area contributed by atoms with Crippen molar-refractivity contribution in [2.45, 2.75) is 47.1 Å². The number of aliphatic carboxylic acids is 1. The van der Waals surface area contributed by atoms with Crippen molar-refractivity contribution in [1.29, 1.82) is 0 Å². The number of carbonyl (C=O) groups excluding carboxylic acids is 1. The van der Waals surface area contributed by atoms with Crippen LogP contribution in [0.5, 0.6) is 0 Å². The number of carboxylic acid groups (broad SMARTS) is 1. The minimum atomic E-state index is -0.888. The van der Waals surface area contributed by atoms with Gasteiger partial charge in [0.2, 0.25) is 0 Å². The highest BCUT2D eigenvalue weighted by Gasteiger charge is 2.33. The van der Waals surface area contributed by atoms with Crippen LogP contribution in [0.1, 0.15) is 41.0 Å². The lowest BCUT2D eigenvalue weighted by molar-refractivity contribution is -0.159. The van der Waals surface area contributed by atoms with E-state index in [9.17, 15) is 9.59 Å². The average molecular weight is 216 g/mol. The van der Waals surface area contributed by atoms with E-state index >= 15 is 0 Å². The fourth-order valence-corrected chi connectivity index (χ4v) is 1.31. The maximum Gasteiger partial charge on any atom is 0.311 e. The minimum Gasteiger partial charge on any atom is -0.481 e. The van der Waals surface area contributed by atoms with Crippen LogP contribution in [-0.4, -0.2) is 23.1 Å². The van der Waals surface area contributed by atoms with Gasteiger partial charge in [-0.2, -0.15) is 0 Å². The molecule has 0 radical (unpaired) electrons. The quantitative estimate of drug-likeness (QED) is 0.714. The van der Waals surface area contributed by atoms with Gasteiger partial charge in [0.25, 0.3) is 0 Å². The second-order valence-electron chi connectivity index (χ2n) is 4.78.